The first kappa shape index (κ1) is 13.2. The molecule has 2 heterocycles. The van der Waals surface area contributed by atoms with Crippen molar-refractivity contribution >= 4 is 11.3 Å². The van der Waals surface area contributed by atoms with Crippen LogP contribution in [0.4, 0.5) is 0 Å². The smallest absolute Gasteiger partial charge is 0.0417 e. The van der Waals surface area contributed by atoms with Crippen molar-refractivity contribution in [2.45, 2.75) is 32.2 Å². The Balaban J connectivity index is 1.93. The van der Waals surface area contributed by atoms with Gasteiger partial charge in [-0.1, -0.05) is 19.1 Å². The van der Waals surface area contributed by atoms with Crippen LogP contribution in [0.25, 0.3) is 0 Å². The quantitative estimate of drug-likeness (QED) is 0.818. The molecule has 0 aliphatic rings. The lowest BCUT2D eigenvalue weighted by Crippen LogP contribution is -2.21. The van der Waals surface area contributed by atoms with Gasteiger partial charge in [-0.05, 0) is 48.9 Å². The van der Waals surface area contributed by atoms with E-state index in [-0.39, 0.29) is 0 Å². The molecule has 1 unspecified atom stereocenters. The highest BCUT2D eigenvalue weighted by atomic mass is 32.1. The Morgan fingerprint density at radius 1 is 1.33 bits per heavy atom. The molecule has 2 rings (SSSR count). The molecule has 0 bridgehead atoms. The Hall–Kier alpha value is -1.19. The summed E-state index contributed by atoms with van der Waals surface area (Å²) < 4.78 is 0. The average molecular weight is 260 g/mol. The lowest BCUT2D eigenvalue weighted by Gasteiger charge is -2.17. The van der Waals surface area contributed by atoms with Crippen LogP contribution in [0.1, 0.15) is 36.2 Å². The maximum Gasteiger partial charge on any atom is 0.0417 e. The standard InChI is InChI=1S/C15H20N2S/c1-2-9-17-14(15-6-4-11-18-15)8-7-13-5-3-10-16-12-13/h3-6,10-12,14,17H,2,7-9H2,1H3. The second kappa shape index (κ2) is 7.29. The molecule has 2 nitrogen and oxygen atoms in total. The fourth-order valence-corrected chi connectivity index (χ4v) is 2.85. The minimum Gasteiger partial charge on any atom is -0.309 e. The highest BCUT2D eigenvalue weighted by Gasteiger charge is 2.11. The van der Waals surface area contributed by atoms with Gasteiger partial charge in [-0.2, -0.15) is 0 Å². The van der Waals surface area contributed by atoms with Gasteiger partial charge in [0.1, 0.15) is 0 Å². The molecule has 1 N–H and O–H groups in total. The summed E-state index contributed by atoms with van der Waals surface area (Å²) in [5.41, 5.74) is 1.32. The van der Waals surface area contributed by atoms with Crippen LogP contribution >= 0.6 is 11.3 Å². The first-order valence-electron chi connectivity index (χ1n) is 6.56. The topological polar surface area (TPSA) is 24.9 Å². The zero-order chi connectivity index (χ0) is 12.6. The van der Waals surface area contributed by atoms with Crippen LogP contribution in [0.15, 0.2) is 42.0 Å². The Morgan fingerprint density at radius 3 is 2.94 bits per heavy atom. The third kappa shape index (κ3) is 3.93. The van der Waals surface area contributed by atoms with E-state index in [4.69, 9.17) is 0 Å². The fourth-order valence-electron chi connectivity index (χ4n) is 2.01. The zero-order valence-electron chi connectivity index (χ0n) is 10.8. The SMILES string of the molecule is CCCNC(CCc1cccnc1)c1cccs1. The summed E-state index contributed by atoms with van der Waals surface area (Å²) in [6.45, 7) is 3.29. The van der Waals surface area contributed by atoms with Gasteiger partial charge in [0.05, 0.1) is 0 Å². The van der Waals surface area contributed by atoms with Crippen molar-refractivity contribution in [2.75, 3.05) is 6.54 Å². The van der Waals surface area contributed by atoms with E-state index in [0.29, 0.717) is 6.04 Å². The Bertz CT molecular complexity index is 425. The molecule has 0 saturated heterocycles. The zero-order valence-corrected chi connectivity index (χ0v) is 11.6. The number of nitrogens with one attached hydrogen (secondary N) is 1. The fraction of sp³-hybridized carbons (Fsp3) is 0.400. The molecule has 0 saturated carbocycles. The van der Waals surface area contributed by atoms with Gasteiger partial charge in [0.25, 0.3) is 0 Å². The summed E-state index contributed by atoms with van der Waals surface area (Å²) in [5.74, 6) is 0. The number of aryl methyl sites for hydroxylation is 1. The molecule has 0 fully saturated rings. The number of aromatic nitrogens is 1. The van der Waals surface area contributed by atoms with Gasteiger partial charge in [-0.3, -0.25) is 4.98 Å². The van der Waals surface area contributed by atoms with Crippen molar-refractivity contribution in [2.24, 2.45) is 0 Å². The molecule has 3 heteroatoms. The molecule has 0 aliphatic heterocycles. The van der Waals surface area contributed by atoms with Gasteiger partial charge in [0.2, 0.25) is 0 Å². The highest BCUT2D eigenvalue weighted by Crippen LogP contribution is 2.23. The summed E-state index contributed by atoms with van der Waals surface area (Å²) in [6, 6.07) is 8.99. The molecule has 96 valence electrons. The number of rotatable bonds is 7. The van der Waals surface area contributed by atoms with Crippen molar-refractivity contribution in [1.29, 1.82) is 0 Å². The van der Waals surface area contributed by atoms with E-state index in [2.05, 4.69) is 40.8 Å². The van der Waals surface area contributed by atoms with Gasteiger partial charge in [0.15, 0.2) is 0 Å². The highest BCUT2D eigenvalue weighted by molar-refractivity contribution is 7.10. The predicted molar refractivity (Wildman–Crippen MR) is 77.9 cm³/mol. The van der Waals surface area contributed by atoms with E-state index in [1.54, 1.807) is 0 Å². The molecule has 0 radical (unpaired) electrons. The molecule has 0 aliphatic carbocycles. The van der Waals surface area contributed by atoms with Crippen molar-refractivity contribution < 1.29 is 0 Å². The number of hydrogen-bond acceptors (Lipinski definition) is 3. The van der Waals surface area contributed by atoms with Gasteiger partial charge in [-0.25, -0.2) is 0 Å². The normalized spacial score (nSPS) is 12.5. The average Bonchev–Trinajstić information content (AvgIpc) is 2.94. The van der Waals surface area contributed by atoms with Gasteiger partial charge in [-0.15, -0.1) is 11.3 Å². The third-order valence-corrected chi connectivity index (χ3v) is 3.96. The molecule has 0 aromatic carbocycles. The van der Waals surface area contributed by atoms with E-state index in [1.165, 1.54) is 16.9 Å². The summed E-state index contributed by atoms with van der Waals surface area (Å²) in [7, 11) is 0. The molecule has 1 atom stereocenters. The van der Waals surface area contributed by atoms with Crippen LogP contribution in [-0.4, -0.2) is 11.5 Å². The monoisotopic (exact) mass is 260 g/mol. The maximum absolute atomic E-state index is 4.17. The van der Waals surface area contributed by atoms with E-state index in [0.717, 1.165) is 19.4 Å². The van der Waals surface area contributed by atoms with Crippen molar-refractivity contribution in [3.05, 3.63) is 52.5 Å². The van der Waals surface area contributed by atoms with E-state index < -0.39 is 0 Å². The number of hydrogen-bond donors (Lipinski definition) is 1. The van der Waals surface area contributed by atoms with E-state index in [1.807, 2.05) is 29.8 Å². The van der Waals surface area contributed by atoms with E-state index in [9.17, 15) is 0 Å². The molecule has 2 aromatic rings. The lowest BCUT2D eigenvalue weighted by molar-refractivity contribution is 0.506. The summed E-state index contributed by atoms with van der Waals surface area (Å²) >= 11 is 1.84. The van der Waals surface area contributed by atoms with Crippen LogP contribution in [0.5, 0.6) is 0 Å². The second-order valence-electron chi connectivity index (χ2n) is 4.42. The molecule has 0 spiro atoms. The first-order valence-corrected chi connectivity index (χ1v) is 7.44. The predicted octanol–water partition coefficient (Wildman–Crippen LogP) is 3.82. The van der Waals surface area contributed by atoms with Crippen molar-refractivity contribution in [3.63, 3.8) is 0 Å². The molecule has 2 aromatic heterocycles. The van der Waals surface area contributed by atoms with Gasteiger partial charge < -0.3 is 5.32 Å². The van der Waals surface area contributed by atoms with Gasteiger partial charge in [0, 0.05) is 23.3 Å². The largest absolute Gasteiger partial charge is 0.309 e. The Kier molecular flexibility index (Phi) is 5.36. The second-order valence-corrected chi connectivity index (χ2v) is 5.40. The number of pyridine rings is 1. The summed E-state index contributed by atoms with van der Waals surface area (Å²) in [5, 5.41) is 5.78. The summed E-state index contributed by atoms with van der Waals surface area (Å²) in [4.78, 5) is 5.61. The molecular formula is C15H20N2S. The Labute approximate surface area is 113 Å². The van der Waals surface area contributed by atoms with Crippen LogP contribution in [0.2, 0.25) is 0 Å². The maximum atomic E-state index is 4.17. The minimum atomic E-state index is 0.477. The van der Waals surface area contributed by atoms with Gasteiger partial charge >= 0.3 is 0 Å². The first-order chi connectivity index (χ1) is 8.90. The summed E-state index contributed by atoms with van der Waals surface area (Å²) in [6.07, 6.45) is 7.18. The van der Waals surface area contributed by atoms with Crippen molar-refractivity contribution in [3.8, 4) is 0 Å². The molecule has 18 heavy (non-hydrogen) atoms. The third-order valence-electron chi connectivity index (χ3n) is 2.97. The minimum absolute atomic E-state index is 0.477. The van der Waals surface area contributed by atoms with Crippen LogP contribution in [0.3, 0.4) is 0 Å². The van der Waals surface area contributed by atoms with E-state index >= 15 is 0 Å². The van der Waals surface area contributed by atoms with Crippen LogP contribution in [-0.2, 0) is 6.42 Å². The number of thiophene rings is 1. The Morgan fingerprint density at radius 2 is 2.28 bits per heavy atom. The van der Waals surface area contributed by atoms with Crippen LogP contribution < -0.4 is 5.32 Å². The van der Waals surface area contributed by atoms with Crippen molar-refractivity contribution in [1.82, 2.24) is 10.3 Å². The number of nitrogens with zero attached hydrogens (tertiary/aromatic N) is 1. The molecular weight excluding hydrogens is 240 g/mol. The lowest BCUT2D eigenvalue weighted by atomic mass is 10.1. The van der Waals surface area contributed by atoms with Crippen LogP contribution in [0, 0.1) is 0 Å². The molecule has 0 amide bonds.